The fourth-order valence-electron chi connectivity index (χ4n) is 3.89. The Bertz CT molecular complexity index is 1500. The van der Waals surface area contributed by atoms with Crippen LogP contribution in [-0.4, -0.2) is 58.3 Å². The third-order valence-corrected chi connectivity index (χ3v) is 8.08. The number of rotatable bonds is 9. The Morgan fingerprint density at radius 2 is 1.82 bits per heavy atom. The van der Waals surface area contributed by atoms with Gasteiger partial charge in [0.2, 0.25) is 0 Å². The predicted molar refractivity (Wildman–Crippen MR) is 149 cm³/mol. The maximum atomic E-state index is 13.5. The summed E-state index contributed by atoms with van der Waals surface area (Å²) in [6, 6.07) is 16.2. The first-order chi connectivity index (χ1) is 18.7. The Kier molecular flexibility index (Phi) is 9.02. The van der Waals surface area contributed by atoms with Gasteiger partial charge >= 0.3 is 0 Å². The number of carbonyl (C=O) groups is 1. The summed E-state index contributed by atoms with van der Waals surface area (Å²) in [7, 11) is -4.20. The molecule has 4 rings (SSSR count). The monoisotopic (exact) mass is 591 g/mol. The van der Waals surface area contributed by atoms with Crippen molar-refractivity contribution < 1.29 is 22.9 Å². The van der Waals surface area contributed by atoms with Crippen molar-refractivity contribution in [1.29, 1.82) is 0 Å². The molecule has 14 heteroatoms. The summed E-state index contributed by atoms with van der Waals surface area (Å²) in [5.74, 6) is -0.768. The van der Waals surface area contributed by atoms with Gasteiger partial charge < -0.3 is 9.64 Å². The Morgan fingerprint density at radius 1 is 1.10 bits per heavy atom. The minimum atomic E-state index is -4.20. The lowest BCUT2D eigenvalue weighted by Gasteiger charge is -2.29. The summed E-state index contributed by atoms with van der Waals surface area (Å²) in [6.45, 7) is 1.52. The molecule has 3 aromatic rings. The van der Waals surface area contributed by atoms with E-state index in [4.69, 9.17) is 27.9 Å². The zero-order valence-electron chi connectivity index (χ0n) is 20.4. The number of morpholine rings is 1. The highest BCUT2D eigenvalue weighted by atomic mass is 35.5. The van der Waals surface area contributed by atoms with E-state index in [1.165, 1.54) is 48.7 Å². The van der Waals surface area contributed by atoms with Gasteiger partial charge in [0.15, 0.2) is 0 Å². The summed E-state index contributed by atoms with van der Waals surface area (Å²) < 4.78 is 33.1. The van der Waals surface area contributed by atoms with Crippen molar-refractivity contribution >= 4 is 62.4 Å². The molecule has 1 fully saturated rings. The van der Waals surface area contributed by atoms with Crippen LogP contribution in [0.3, 0.4) is 0 Å². The van der Waals surface area contributed by atoms with E-state index in [1.807, 2.05) is 4.90 Å². The SMILES string of the molecule is O=C(CN(c1ccc(Cl)cc1Cl)S(=O)(=O)c1ccccc1)N/N=C/c1cc([N+](=O)[O-])ccc1N1CCOCC1. The molecule has 11 nitrogen and oxygen atoms in total. The summed E-state index contributed by atoms with van der Waals surface area (Å²) >= 11 is 12.3. The second-order valence-electron chi connectivity index (χ2n) is 8.31. The number of carbonyl (C=O) groups excluding carboxylic acids is 1. The highest BCUT2D eigenvalue weighted by Gasteiger charge is 2.29. The number of halogens is 2. The number of anilines is 2. The van der Waals surface area contributed by atoms with E-state index in [-0.39, 0.29) is 21.3 Å². The fourth-order valence-corrected chi connectivity index (χ4v) is 5.92. The molecule has 0 unspecified atom stereocenters. The van der Waals surface area contributed by atoms with E-state index >= 15 is 0 Å². The number of nitrogens with zero attached hydrogens (tertiary/aromatic N) is 4. The van der Waals surface area contributed by atoms with Gasteiger partial charge in [0, 0.05) is 41.5 Å². The third kappa shape index (κ3) is 6.84. The number of amides is 1. The topological polar surface area (TPSA) is 134 Å². The number of sulfonamides is 1. The minimum absolute atomic E-state index is 0.0325. The van der Waals surface area contributed by atoms with Crippen LogP contribution < -0.4 is 14.6 Å². The molecule has 0 bridgehead atoms. The molecule has 204 valence electrons. The first-order valence-electron chi connectivity index (χ1n) is 11.6. The maximum Gasteiger partial charge on any atom is 0.270 e. The molecule has 0 spiro atoms. The minimum Gasteiger partial charge on any atom is -0.378 e. The quantitative estimate of drug-likeness (QED) is 0.225. The largest absolute Gasteiger partial charge is 0.378 e. The summed E-state index contributed by atoms with van der Waals surface area (Å²) in [6.07, 6.45) is 1.28. The summed E-state index contributed by atoms with van der Waals surface area (Å²) in [4.78, 5) is 25.6. The van der Waals surface area contributed by atoms with Gasteiger partial charge in [-0.15, -0.1) is 0 Å². The highest BCUT2D eigenvalue weighted by Crippen LogP contribution is 2.32. The third-order valence-electron chi connectivity index (χ3n) is 5.76. The van der Waals surface area contributed by atoms with Gasteiger partial charge in [-0.2, -0.15) is 5.10 Å². The van der Waals surface area contributed by atoms with E-state index in [2.05, 4.69) is 10.5 Å². The number of nitro benzene ring substituents is 1. The van der Waals surface area contributed by atoms with Gasteiger partial charge in [-0.1, -0.05) is 41.4 Å². The molecular weight excluding hydrogens is 569 g/mol. The van der Waals surface area contributed by atoms with Crippen molar-refractivity contribution in [2.24, 2.45) is 5.10 Å². The molecule has 1 aliphatic rings. The van der Waals surface area contributed by atoms with Crippen LogP contribution in [0.4, 0.5) is 17.1 Å². The van der Waals surface area contributed by atoms with Crippen molar-refractivity contribution in [2.45, 2.75) is 4.90 Å². The number of nitrogens with one attached hydrogen (secondary N) is 1. The first-order valence-corrected chi connectivity index (χ1v) is 13.8. The van der Waals surface area contributed by atoms with Crippen molar-refractivity contribution in [2.75, 3.05) is 42.1 Å². The lowest BCUT2D eigenvalue weighted by atomic mass is 10.1. The maximum absolute atomic E-state index is 13.5. The Labute approximate surface area is 234 Å². The molecule has 1 amide bonds. The van der Waals surface area contributed by atoms with Gasteiger partial charge in [0.1, 0.15) is 6.54 Å². The summed E-state index contributed by atoms with van der Waals surface area (Å²) in [5.41, 5.74) is 3.31. The smallest absolute Gasteiger partial charge is 0.270 e. The van der Waals surface area contributed by atoms with Crippen LogP contribution in [0.1, 0.15) is 5.56 Å². The van der Waals surface area contributed by atoms with Crippen molar-refractivity contribution in [1.82, 2.24) is 5.43 Å². The second-order valence-corrected chi connectivity index (χ2v) is 11.0. The Balaban J connectivity index is 1.59. The number of benzene rings is 3. The molecule has 0 atom stereocenters. The fraction of sp³-hybridized carbons (Fsp3) is 0.200. The van der Waals surface area contributed by atoms with E-state index in [0.29, 0.717) is 42.6 Å². The molecule has 39 heavy (non-hydrogen) atoms. The predicted octanol–water partition coefficient (Wildman–Crippen LogP) is 4.08. The zero-order valence-corrected chi connectivity index (χ0v) is 22.7. The average molecular weight is 592 g/mol. The molecular formula is C25H23Cl2N5O6S. The van der Waals surface area contributed by atoms with Crippen molar-refractivity contribution in [3.8, 4) is 0 Å². The van der Waals surface area contributed by atoms with Crippen LogP contribution in [0, 0.1) is 10.1 Å². The van der Waals surface area contributed by atoms with Crippen LogP contribution >= 0.6 is 23.2 Å². The molecule has 0 saturated carbocycles. The molecule has 1 heterocycles. The van der Waals surface area contributed by atoms with Crippen molar-refractivity contribution in [3.63, 3.8) is 0 Å². The molecule has 0 aliphatic carbocycles. The molecule has 1 aliphatic heterocycles. The number of hydrogen-bond donors (Lipinski definition) is 1. The summed E-state index contributed by atoms with van der Waals surface area (Å²) in [5, 5.41) is 15.6. The number of non-ortho nitro benzene ring substituents is 1. The van der Waals surface area contributed by atoms with Crippen LogP contribution in [-0.2, 0) is 19.6 Å². The van der Waals surface area contributed by atoms with E-state index < -0.39 is 27.4 Å². The second kappa shape index (κ2) is 12.4. The highest BCUT2D eigenvalue weighted by molar-refractivity contribution is 7.92. The van der Waals surface area contributed by atoms with Gasteiger partial charge in [-0.25, -0.2) is 13.8 Å². The molecule has 1 N–H and O–H groups in total. The molecule has 3 aromatic carbocycles. The van der Waals surface area contributed by atoms with E-state index in [1.54, 1.807) is 24.3 Å². The number of hydrazone groups is 1. The van der Waals surface area contributed by atoms with Crippen LogP contribution in [0.15, 0.2) is 76.7 Å². The lowest BCUT2D eigenvalue weighted by molar-refractivity contribution is -0.384. The first kappa shape index (κ1) is 28.3. The molecule has 0 radical (unpaired) electrons. The Morgan fingerprint density at radius 3 is 2.49 bits per heavy atom. The lowest BCUT2D eigenvalue weighted by Crippen LogP contribution is -2.39. The standard InChI is InChI=1S/C25H23Cl2N5O6S/c26-19-6-8-24(22(27)15-19)31(39(36,37)21-4-2-1-3-5-21)17-25(33)29-28-16-18-14-20(32(34)35)7-9-23(18)30-10-12-38-13-11-30/h1-9,14-16H,10-13,17H2,(H,29,33)/b28-16+. The van der Waals surface area contributed by atoms with Crippen LogP contribution in [0.5, 0.6) is 0 Å². The number of hydrogen-bond acceptors (Lipinski definition) is 8. The van der Waals surface area contributed by atoms with Crippen molar-refractivity contribution in [3.05, 3.63) is 92.5 Å². The van der Waals surface area contributed by atoms with Crippen LogP contribution in [0.25, 0.3) is 0 Å². The zero-order chi connectivity index (χ0) is 28.0. The molecule has 1 saturated heterocycles. The van der Waals surface area contributed by atoms with E-state index in [0.717, 1.165) is 4.31 Å². The van der Waals surface area contributed by atoms with E-state index in [9.17, 15) is 23.3 Å². The van der Waals surface area contributed by atoms with Gasteiger partial charge in [0.25, 0.3) is 21.6 Å². The number of nitro groups is 1. The molecule has 0 aromatic heterocycles. The average Bonchev–Trinajstić information content (AvgIpc) is 2.93. The normalized spacial score (nSPS) is 13.8. The van der Waals surface area contributed by atoms with Gasteiger partial charge in [-0.3, -0.25) is 19.2 Å². The van der Waals surface area contributed by atoms with Gasteiger partial charge in [-0.05, 0) is 36.4 Å². The number of ether oxygens (including phenoxy) is 1. The Hall–Kier alpha value is -3.71. The van der Waals surface area contributed by atoms with Gasteiger partial charge in [0.05, 0.1) is 40.0 Å². The van der Waals surface area contributed by atoms with Crippen LogP contribution in [0.2, 0.25) is 10.0 Å².